The Balaban J connectivity index is 1.19. The average molecular weight is 963 g/mol. The third-order valence-electron chi connectivity index (χ3n) is 14.2. The fraction of sp³-hybridized carbons (Fsp3) is 0.152. The van der Waals surface area contributed by atoms with Crippen LogP contribution in [0.1, 0.15) is 52.7 Å². The average Bonchev–Trinajstić information content (AvgIpc) is 3.98. The highest BCUT2D eigenvalue weighted by Gasteiger charge is 2.53. The molecular formula is C66H58N8. The van der Waals surface area contributed by atoms with Crippen LogP contribution < -0.4 is 19.6 Å². The van der Waals surface area contributed by atoms with Crippen molar-refractivity contribution in [1.82, 2.24) is 19.9 Å². The fourth-order valence-electron chi connectivity index (χ4n) is 10.5. The lowest BCUT2D eigenvalue weighted by atomic mass is 9.86. The van der Waals surface area contributed by atoms with Crippen molar-refractivity contribution in [1.29, 1.82) is 0 Å². The molecule has 0 amide bonds. The van der Waals surface area contributed by atoms with Crippen molar-refractivity contribution in [3.63, 3.8) is 0 Å². The first-order valence-electron chi connectivity index (χ1n) is 25.5. The second kappa shape index (κ2) is 18.6. The van der Waals surface area contributed by atoms with Crippen LogP contribution >= 0.6 is 0 Å². The van der Waals surface area contributed by atoms with E-state index in [1.807, 2.05) is 0 Å². The SMILES string of the molecule is CC(C)(C)c1ccc2c(c1)N(c1cccc(-c3ccccc3)n1)C(C1N(c3cccc(-c4ccccc4)n3)c3ccc(C(C)(C)C)cc3N1c1cccc(-c3ccccc3)n1)N2c1cccc(-c2ccccc2)n1. The Hall–Kier alpha value is -8.88. The number of hydrogen-bond donors (Lipinski definition) is 0. The Kier molecular flexibility index (Phi) is 11.6. The summed E-state index contributed by atoms with van der Waals surface area (Å²) in [6.45, 7) is 13.7. The van der Waals surface area contributed by atoms with E-state index in [9.17, 15) is 0 Å². The lowest BCUT2D eigenvalue weighted by molar-refractivity contribution is 0.540. The molecule has 2 aliphatic rings. The van der Waals surface area contributed by atoms with Crippen molar-refractivity contribution in [3.8, 4) is 45.0 Å². The summed E-state index contributed by atoms with van der Waals surface area (Å²) >= 11 is 0. The quantitative estimate of drug-likeness (QED) is 0.142. The maximum atomic E-state index is 5.64. The molecule has 0 saturated carbocycles. The summed E-state index contributed by atoms with van der Waals surface area (Å²) in [6, 6.07) is 81.3. The van der Waals surface area contributed by atoms with Gasteiger partial charge in [0.25, 0.3) is 0 Å². The number of fused-ring (bicyclic) bond motifs is 2. The maximum absolute atomic E-state index is 5.64. The minimum atomic E-state index is -0.563. The van der Waals surface area contributed by atoms with Crippen molar-refractivity contribution in [3.05, 3.63) is 242 Å². The zero-order chi connectivity index (χ0) is 50.6. The van der Waals surface area contributed by atoms with E-state index in [1.165, 1.54) is 11.1 Å². The van der Waals surface area contributed by atoms with E-state index in [-0.39, 0.29) is 10.8 Å². The first kappa shape index (κ1) is 46.2. The fourth-order valence-corrected chi connectivity index (χ4v) is 10.5. The summed E-state index contributed by atoms with van der Waals surface area (Å²) in [7, 11) is 0. The lowest BCUT2D eigenvalue weighted by Crippen LogP contribution is -2.58. The highest BCUT2D eigenvalue weighted by atomic mass is 15.6. The van der Waals surface area contributed by atoms with E-state index < -0.39 is 12.3 Å². The molecule has 362 valence electrons. The van der Waals surface area contributed by atoms with E-state index in [0.29, 0.717) is 0 Å². The molecule has 6 aromatic carbocycles. The molecule has 0 fully saturated rings. The summed E-state index contributed by atoms with van der Waals surface area (Å²) < 4.78 is 0. The molecule has 4 aromatic heterocycles. The molecule has 12 rings (SSSR count). The zero-order valence-electron chi connectivity index (χ0n) is 42.7. The van der Waals surface area contributed by atoms with Gasteiger partial charge in [-0.15, -0.1) is 0 Å². The van der Waals surface area contributed by atoms with Gasteiger partial charge in [-0.1, -0.05) is 199 Å². The molecule has 8 nitrogen and oxygen atoms in total. The van der Waals surface area contributed by atoms with Gasteiger partial charge in [-0.3, -0.25) is 19.6 Å². The molecule has 6 heterocycles. The van der Waals surface area contributed by atoms with Crippen molar-refractivity contribution in [2.75, 3.05) is 19.6 Å². The highest BCUT2D eigenvalue weighted by molar-refractivity contribution is 5.94. The summed E-state index contributed by atoms with van der Waals surface area (Å²) in [4.78, 5) is 32.3. The van der Waals surface area contributed by atoms with Crippen molar-refractivity contribution < 1.29 is 0 Å². The number of anilines is 8. The molecule has 0 aliphatic carbocycles. The lowest BCUT2D eigenvalue weighted by Gasteiger charge is -2.43. The number of aromatic nitrogens is 4. The van der Waals surface area contributed by atoms with Gasteiger partial charge < -0.3 is 0 Å². The van der Waals surface area contributed by atoms with Crippen LogP contribution in [0.4, 0.5) is 46.0 Å². The number of benzene rings is 6. The van der Waals surface area contributed by atoms with Gasteiger partial charge in [0.05, 0.1) is 45.5 Å². The summed E-state index contributed by atoms with van der Waals surface area (Å²) in [5.41, 5.74) is 13.8. The van der Waals surface area contributed by atoms with Crippen LogP contribution in [0.3, 0.4) is 0 Å². The normalized spacial score (nSPS) is 15.3. The van der Waals surface area contributed by atoms with Crippen LogP contribution in [0.25, 0.3) is 45.0 Å². The van der Waals surface area contributed by atoms with E-state index in [0.717, 1.165) is 91.1 Å². The maximum Gasteiger partial charge on any atom is 0.154 e. The molecule has 8 heteroatoms. The van der Waals surface area contributed by atoms with E-state index in [4.69, 9.17) is 19.9 Å². The third-order valence-corrected chi connectivity index (χ3v) is 14.2. The van der Waals surface area contributed by atoms with Gasteiger partial charge in [0.15, 0.2) is 12.3 Å². The Bertz CT molecular complexity index is 3380. The zero-order valence-corrected chi connectivity index (χ0v) is 42.7. The molecular weight excluding hydrogens is 905 g/mol. The van der Waals surface area contributed by atoms with E-state index in [2.05, 4.69) is 292 Å². The smallest absolute Gasteiger partial charge is 0.154 e. The van der Waals surface area contributed by atoms with Crippen molar-refractivity contribution >= 4 is 46.0 Å². The topological polar surface area (TPSA) is 64.5 Å². The minimum absolute atomic E-state index is 0.164. The number of nitrogens with zero attached hydrogens (tertiary/aromatic N) is 8. The summed E-state index contributed by atoms with van der Waals surface area (Å²) in [5, 5.41) is 0. The van der Waals surface area contributed by atoms with Gasteiger partial charge in [-0.05, 0) is 94.8 Å². The molecule has 2 unspecified atom stereocenters. The predicted molar refractivity (Wildman–Crippen MR) is 305 cm³/mol. The van der Waals surface area contributed by atoms with Gasteiger partial charge in [0.1, 0.15) is 23.3 Å². The Morgan fingerprint density at radius 3 is 0.784 bits per heavy atom. The summed E-state index contributed by atoms with van der Waals surface area (Å²) in [6.07, 6.45) is -1.13. The minimum Gasteiger partial charge on any atom is -0.299 e. The van der Waals surface area contributed by atoms with Crippen LogP contribution in [0.15, 0.2) is 231 Å². The van der Waals surface area contributed by atoms with Crippen molar-refractivity contribution in [2.24, 2.45) is 0 Å². The molecule has 0 radical (unpaired) electrons. The molecule has 2 atom stereocenters. The van der Waals surface area contributed by atoms with Crippen LogP contribution in [0.5, 0.6) is 0 Å². The Labute approximate surface area is 435 Å². The monoisotopic (exact) mass is 962 g/mol. The van der Waals surface area contributed by atoms with Gasteiger partial charge in [0, 0.05) is 22.3 Å². The highest BCUT2D eigenvalue weighted by Crippen LogP contribution is 2.56. The molecule has 0 spiro atoms. The number of hydrogen-bond acceptors (Lipinski definition) is 8. The van der Waals surface area contributed by atoms with E-state index >= 15 is 0 Å². The third kappa shape index (κ3) is 8.52. The van der Waals surface area contributed by atoms with Crippen LogP contribution in [-0.4, -0.2) is 32.3 Å². The van der Waals surface area contributed by atoms with Crippen LogP contribution in [0.2, 0.25) is 0 Å². The molecule has 74 heavy (non-hydrogen) atoms. The van der Waals surface area contributed by atoms with Gasteiger partial charge in [-0.2, -0.15) is 0 Å². The van der Waals surface area contributed by atoms with Crippen LogP contribution in [-0.2, 0) is 10.8 Å². The summed E-state index contributed by atoms with van der Waals surface area (Å²) in [5.74, 6) is 3.19. The second-order valence-corrected chi connectivity index (χ2v) is 21.2. The second-order valence-electron chi connectivity index (χ2n) is 21.2. The Morgan fingerprint density at radius 2 is 0.527 bits per heavy atom. The van der Waals surface area contributed by atoms with Crippen LogP contribution in [0, 0.1) is 0 Å². The number of rotatable bonds is 9. The van der Waals surface area contributed by atoms with E-state index in [1.54, 1.807) is 0 Å². The van der Waals surface area contributed by atoms with Gasteiger partial charge in [-0.25, -0.2) is 19.9 Å². The predicted octanol–water partition coefficient (Wildman–Crippen LogP) is 16.5. The van der Waals surface area contributed by atoms with Gasteiger partial charge >= 0.3 is 0 Å². The van der Waals surface area contributed by atoms with Gasteiger partial charge in [0.2, 0.25) is 0 Å². The molecule has 0 saturated heterocycles. The Morgan fingerprint density at radius 1 is 0.270 bits per heavy atom. The molecule has 0 N–H and O–H groups in total. The standard InChI is InChI=1S/C66H58N8/c1-65(2,3)49-39-41-55-57(43-49)73(61-37-21-33-53(69-61)47-27-15-9-16-28-47)63(71(55)59-35-19-31-51(67-59)45-23-11-7-12-24-45)64-72(60-36-20-32-52(68-60)46-25-13-8-14-26-46)56-42-40-50(66(4,5)6)44-58(56)74(64)62-38-22-34-54(70-62)48-29-17-10-18-30-48/h7-44,63-64H,1-6H3. The number of pyridine rings is 4. The first-order chi connectivity index (χ1) is 36.0. The molecule has 2 aliphatic heterocycles. The molecule has 0 bridgehead atoms. The molecule has 10 aromatic rings. The van der Waals surface area contributed by atoms with Crippen molar-refractivity contribution in [2.45, 2.75) is 64.7 Å². The first-order valence-corrected chi connectivity index (χ1v) is 25.5. The largest absolute Gasteiger partial charge is 0.299 e.